The van der Waals surface area contributed by atoms with E-state index in [0.29, 0.717) is 22.9 Å². The fourth-order valence-corrected chi connectivity index (χ4v) is 3.07. The molecule has 4 aromatic rings. The van der Waals surface area contributed by atoms with Crippen molar-refractivity contribution in [2.24, 2.45) is 0 Å². The zero-order chi connectivity index (χ0) is 21.6. The Labute approximate surface area is 178 Å². The number of methoxy groups -OCH3 is 1. The van der Waals surface area contributed by atoms with E-state index in [2.05, 4.69) is 10.6 Å². The molecule has 3 aromatic carbocycles. The highest BCUT2D eigenvalue weighted by atomic mass is 16.5. The van der Waals surface area contributed by atoms with Crippen LogP contribution in [0.3, 0.4) is 0 Å². The molecule has 0 radical (unpaired) electrons. The molecule has 0 fully saturated rings. The van der Waals surface area contributed by atoms with E-state index < -0.39 is 5.91 Å². The lowest BCUT2D eigenvalue weighted by atomic mass is 10.1. The van der Waals surface area contributed by atoms with Crippen LogP contribution >= 0.6 is 0 Å². The van der Waals surface area contributed by atoms with Gasteiger partial charge in [-0.25, -0.2) is 0 Å². The third kappa shape index (κ3) is 4.84. The summed E-state index contributed by atoms with van der Waals surface area (Å²) in [5.41, 5.74) is 0.967. The van der Waals surface area contributed by atoms with Crippen molar-refractivity contribution in [2.75, 3.05) is 24.4 Å². The number of fused-ring (bicyclic) bond motifs is 1. The molecule has 0 saturated heterocycles. The zero-order valence-electron chi connectivity index (χ0n) is 16.8. The lowest BCUT2D eigenvalue weighted by molar-refractivity contribution is -0.118. The number of nitrogens with one attached hydrogen (secondary N) is 2. The van der Waals surface area contributed by atoms with Crippen LogP contribution in [0.4, 0.5) is 11.4 Å². The van der Waals surface area contributed by atoms with Crippen molar-refractivity contribution in [3.05, 3.63) is 84.8 Å². The van der Waals surface area contributed by atoms with Crippen molar-refractivity contribution in [1.82, 2.24) is 0 Å². The lowest BCUT2D eigenvalue weighted by Crippen LogP contribution is -2.20. The Morgan fingerprint density at radius 1 is 0.903 bits per heavy atom. The summed E-state index contributed by atoms with van der Waals surface area (Å²) in [5.74, 6) is 0.479. The Morgan fingerprint density at radius 2 is 1.74 bits per heavy atom. The fraction of sp³-hybridized carbons (Fsp3) is 0.0833. The average molecular weight is 416 g/mol. The number of carbonyl (C=O) groups excluding carboxylic acids is 2. The number of amides is 2. The minimum atomic E-state index is -0.399. The maximum Gasteiger partial charge on any atom is 0.291 e. The number of hydrogen-bond acceptors (Lipinski definition) is 5. The van der Waals surface area contributed by atoms with Gasteiger partial charge < -0.3 is 24.5 Å². The van der Waals surface area contributed by atoms with Gasteiger partial charge in [0.2, 0.25) is 0 Å². The van der Waals surface area contributed by atoms with Gasteiger partial charge in [-0.1, -0.05) is 30.3 Å². The summed E-state index contributed by atoms with van der Waals surface area (Å²) >= 11 is 0. The molecule has 1 heterocycles. The highest BCUT2D eigenvalue weighted by Gasteiger charge is 2.13. The number of carbonyl (C=O) groups is 2. The third-order valence-electron chi connectivity index (χ3n) is 4.57. The van der Waals surface area contributed by atoms with E-state index in [-0.39, 0.29) is 18.3 Å². The first-order valence-corrected chi connectivity index (χ1v) is 9.57. The predicted molar refractivity (Wildman–Crippen MR) is 118 cm³/mol. The monoisotopic (exact) mass is 416 g/mol. The van der Waals surface area contributed by atoms with Crippen LogP contribution < -0.4 is 20.1 Å². The summed E-state index contributed by atoms with van der Waals surface area (Å²) in [6.07, 6.45) is 1.42. The van der Waals surface area contributed by atoms with Gasteiger partial charge in [-0.15, -0.1) is 0 Å². The van der Waals surface area contributed by atoms with E-state index in [0.717, 1.165) is 10.8 Å². The number of furan rings is 1. The largest absolute Gasteiger partial charge is 0.494 e. The van der Waals surface area contributed by atoms with Gasteiger partial charge >= 0.3 is 0 Å². The van der Waals surface area contributed by atoms with Gasteiger partial charge in [0.25, 0.3) is 11.8 Å². The number of benzene rings is 3. The zero-order valence-corrected chi connectivity index (χ0v) is 16.8. The standard InChI is InChI=1S/C24H20N2O5/c1-29-22-14-18(9-11-20(22)26-24(28)21-7-4-12-30-21)25-23(27)15-31-19-10-8-16-5-2-3-6-17(16)13-19/h2-14H,15H2,1H3,(H,25,27)(H,26,28). The fourth-order valence-electron chi connectivity index (χ4n) is 3.07. The molecule has 0 saturated carbocycles. The quantitative estimate of drug-likeness (QED) is 0.455. The normalized spacial score (nSPS) is 10.5. The van der Waals surface area contributed by atoms with Crippen LogP contribution in [0.15, 0.2) is 83.5 Å². The molecule has 7 heteroatoms. The molecular weight excluding hydrogens is 396 g/mol. The van der Waals surface area contributed by atoms with Crippen LogP contribution in [-0.4, -0.2) is 25.5 Å². The van der Waals surface area contributed by atoms with E-state index in [1.807, 2.05) is 42.5 Å². The van der Waals surface area contributed by atoms with E-state index in [4.69, 9.17) is 13.9 Å². The summed E-state index contributed by atoms with van der Waals surface area (Å²) in [6.45, 7) is -0.141. The van der Waals surface area contributed by atoms with Crippen LogP contribution in [0, 0.1) is 0 Å². The van der Waals surface area contributed by atoms with Gasteiger partial charge in [0, 0.05) is 11.8 Å². The van der Waals surface area contributed by atoms with Crippen LogP contribution in [0.5, 0.6) is 11.5 Å². The Kier molecular flexibility index (Phi) is 5.84. The minimum Gasteiger partial charge on any atom is -0.494 e. The number of hydrogen-bond donors (Lipinski definition) is 2. The second-order valence-corrected chi connectivity index (χ2v) is 6.69. The van der Waals surface area contributed by atoms with E-state index >= 15 is 0 Å². The molecular formula is C24H20N2O5. The Morgan fingerprint density at radius 3 is 2.52 bits per heavy atom. The SMILES string of the molecule is COc1cc(NC(=O)COc2ccc3ccccc3c2)ccc1NC(=O)c1ccco1. The molecule has 0 unspecified atom stereocenters. The highest BCUT2D eigenvalue weighted by Crippen LogP contribution is 2.28. The maximum absolute atomic E-state index is 12.3. The third-order valence-corrected chi connectivity index (χ3v) is 4.57. The lowest BCUT2D eigenvalue weighted by Gasteiger charge is -2.12. The molecule has 0 bridgehead atoms. The van der Waals surface area contributed by atoms with Gasteiger partial charge in [0.1, 0.15) is 11.5 Å². The number of anilines is 2. The summed E-state index contributed by atoms with van der Waals surface area (Å²) in [4.78, 5) is 24.5. The molecule has 0 aliphatic rings. The Hall–Kier alpha value is -4.26. The van der Waals surface area contributed by atoms with Crippen molar-refractivity contribution in [1.29, 1.82) is 0 Å². The molecule has 0 aliphatic carbocycles. The molecule has 31 heavy (non-hydrogen) atoms. The van der Waals surface area contributed by atoms with Gasteiger partial charge in [0.05, 0.1) is 19.1 Å². The second-order valence-electron chi connectivity index (χ2n) is 6.69. The van der Waals surface area contributed by atoms with E-state index in [1.54, 1.807) is 30.3 Å². The number of ether oxygens (including phenoxy) is 2. The van der Waals surface area contributed by atoms with Crippen molar-refractivity contribution in [2.45, 2.75) is 0 Å². The summed E-state index contributed by atoms with van der Waals surface area (Å²) in [6, 6.07) is 21.7. The summed E-state index contributed by atoms with van der Waals surface area (Å²) < 4.78 is 16.0. The van der Waals surface area contributed by atoms with Gasteiger partial charge in [-0.3, -0.25) is 9.59 Å². The first-order chi connectivity index (χ1) is 15.1. The van der Waals surface area contributed by atoms with Crippen molar-refractivity contribution in [3.63, 3.8) is 0 Å². The van der Waals surface area contributed by atoms with E-state index in [9.17, 15) is 9.59 Å². The van der Waals surface area contributed by atoms with Crippen LogP contribution in [0.25, 0.3) is 10.8 Å². The van der Waals surface area contributed by atoms with Gasteiger partial charge in [0.15, 0.2) is 12.4 Å². The second kappa shape index (κ2) is 9.04. The highest BCUT2D eigenvalue weighted by molar-refractivity contribution is 6.03. The van der Waals surface area contributed by atoms with E-state index in [1.165, 1.54) is 13.4 Å². The molecule has 7 nitrogen and oxygen atoms in total. The smallest absolute Gasteiger partial charge is 0.291 e. The van der Waals surface area contributed by atoms with Gasteiger partial charge in [-0.2, -0.15) is 0 Å². The summed E-state index contributed by atoms with van der Waals surface area (Å²) in [5, 5.41) is 7.61. The number of rotatable bonds is 7. The first-order valence-electron chi connectivity index (χ1n) is 9.57. The molecule has 0 aliphatic heterocycles. The van der Waals surface area contributed by atoms with Crippen LogP contribution in [0.1, 0.15) is 10.6 Å². The Bertz CT molecular complexity index is 1220. The van der Waals surface area contributed by atoms with Crippen LogP contribution in [0.2, 0.25) is 0 Å². The molecule has 0 spiro atoms. The topological polar surface area (TPSA) is 89.8 Å². The van der Waals surface area contributed by atoms with Crippen molar-refractivity contribution >= 4 is 34.0 Å². The minimum absolute atomic E-state index is 0.141. The maximum atomic E-state index is 12.3. The first kappa shape index (κ1) is 20.0. The molecule has 1 aromatic heterocycles. The molecule has 0 atom stereocenters. The van der Waals surface area contributed by atoms with Gasteiger partial charge in [-0.05, 0) is 47.2 Å². The van der Waals surface area contributed by atoms with Crippen LogP contribution in [-0.2, 0) is 4.79 Å². The van der Waals surface area contributed by atoms with Crippen molar-refractivity contribution < 1.29 is 23.5 Å². The molecule has 4 rings (SSSR count). The summed E-state index contributed by atoms with van der Waals surface area (Å²) in [7, 11) is 1.48. The Balaban J connectivity index is 1.37. The molecule has 2 amide bonds. The van der Waals surface area contributed by atoms with Crippen molar-refractivity contribution in [3.8, 4) is 11.5 Å². The average Bonchev–Trinajstić information content (AvgIpc) is 3.34. The molecule has 156 valence electrons. The predicted octanol–water partition coefficient (Wildman–Crippen LogP) is 4.71. The molecule has 2 N–H and O–H groups in total.